The summed E-state index contributed by atoms with van der Waals surface area (Å²) in [7, 11) is 4.53. The third-order valence-corrected chi connectivity index (χ3v) is 6.08. The van der Waals surface area contributed by atoms with Gasteiger partial charge in [-0.15, -0.1) is 0 Å². The quantitative estimate of drug-likeness (QED) is 0.531. The average Bonchev–Trinajstić information content (AvgIpc) is 2.89. The van der Waals surface area contributed by atoms with Crippen LogP contribution in [0.1, 0.15) is 10.4 Å². The molecule has 0 unspecified atom stereocenters. The molecule has 0 bridgehead atoms. The Hall–Kier alpha value is -3.72. The van der Waals surface area contributed by atoms with Crippen LogP contribution in [0, 0.1) is 0 Å². The molecule has 1 saturated heterocycles. The first-order valence-electron chi connectivity index (χ1n) is 10.7. The average molecular weight is 485 g/mol. The SMILES string of the molecule is COc1cc(C(=O)N2CCN(c3cnn(-c4ccccc4)c(=O)c3Cl)CC2)cc(OC)c1OC. The zero-order chi connectivity index (χ0) is 24.2. The summed E-state index contributed by atoms with van der Waals surface area (Å²) >= 11 is 6.44. The van der Waals surface area contributed by atoms with Crippen LogP contribution in [0.4, 0.5) is 5.69 Å². The van der Waals surface area contributed by atoms with Gasteiger partial charge >= 0.3 is 0 Å². The van der Waals surface area contributed by atoms with Crippen LogP contribution in [0.15, 0.2) is 53.5 Å². The number of para-hydroxylation sites is 1. The van der Waals surface area contributed by atoms with Gasteiger partial charge in [-0.05, 0) is 24.3 Å². The van der Waals surface area contributed by atoms with Crippen molar-refractivity contribution in [3.63, 3.8) is 0 Å². The van der Waals surface area contributed by atoms with Crippen molar-refractivity contribution in [2.45, 2.75) is 0 Å². The smallest absolute Gasteiger partial charge is 0.292 e. The Morgan fingerprint density at radius 2 is 1.56 bits per heavy atom. The number of halogens is 1. The predicted octanol–water partition coefficient (Wildman–Crippen LogP) is 2.87. The Bertz CT molecular complexity index is 1210. The van der Waals surface area contributed by atoms with Crippen molar-refractivity contribution >= 4 is 23.2 Å². The number of carbonyl (C=O) groups excluding carboxylic acids is 1. The summed E-state index contributed by atoms with van der Waals surface area (Å²) < 4.78 is 17.3. The van der Waals surface area contributed by atoms with Gasteiger partial charge in [0, 0.05) is 31.7 Å². The normalized spacial score (nSPS) is 13.5. The lowest BCUT2D eigenvalue weighted by Gasteiger charge is -2.36. The van der Waals surface area contributed by atoms with E-state index in [2.05, 4.69) is 5.10 Å². The highest BCUT2D eigenvalue weighted by Gasteiger charge is 2.26. The van der Waals surface area contributed by atoms with Crippen LogP contribution in [-0.4, -0.2) is 68.1 Å². The van der Waals surface area contributed by atoms with E-state index in [1.54, 1.807) is 35.4 Å². The fourth-order valence-electron chi connectivity index (χ4n) is 3.94. The number of benzene rings is 2. The number of methoxy groups -OCH3 is 3. The number of rotatable bonds is 6. The minimum atomic E-state index is -0.388. The van der Waals surface area contributed by atoms with Crippen molar-refractivity contribution in [2.24, 2.45) is 0 Å². The van der Waals surface area contributed by atoms with Gasteiger partial charge in [0.05, 0.1) is 38.9 Å². The van der Waals surface area contributed by atoms with E-state index in [1.807, 2.05) is 23.1 Å². The van der Waals surface area contributed by atoms with Crippen molar-refractivity contribution in [2.75, 3.05) is 52.4 Å². The van der Waals surface area contributed by atoms with Crippen LogP contribution in [-0.2, 0) is 0 Å². The molecule has 1 aliphatic heterocycles. The maximum absolute atomic E-state index is 13.2. The van der Waals surface area contributed by atoms with Gasteiger partial charge in [0.2, 0.25) is 5.75 Å². The Morgan fingerprint density at radius 1 is 0.941 bits per heavy atom. The molecule has 0 saturated carbocycles. The first-order chi connectivity index (χ1) is 16.5. The number of piperazine rings is 1. The second kappa shape index (κ2) is 10.0. The molecule has 4 rings (SSSR count). The van der Waals surface area contributed by atoms with Crippen molar-refractivity contribution in [3.8, 4) is 22.9 Å². The van der Waals surface area contributed by atoms with Gasteiger partial charge < -0.3 is 24.0 Å². The summed E-state index contributed by atoms with van der Waals surface area (Å²) in [5.74, 6) is 1.11. The molecule has 0 spiro atoms. The summed E-state index contributed by atoms with van der Waals surface area (Å²) in [6.07, 6.45) is 1.59. The maximum Gasteiger partial charge on any atom is 0.292 e. The number of hydrogen-bond donors (Lipinski definition) is 0. The third-order valence-electron chi connectivity index (χ3n) is 5.72. The first kappa shape index (κ1) is 23.4. The molecule has 0 N–H and O–H groups in total. The number of carbonyl (C=O) groups is 1. The fraction of sp³-hybridized carbons (Fsp3) is 0.292. The summed E-state index contributed by atoms with van der Waals surface area (Å²) in [5, 5.41) is 4.40. The van der Waals surface area contributed by atoms with Gasteiger partial charge in [-0.1, -0.05) is 29.8 Å². The lowest BCUT2D eigenvalue weighted by atomic mass is 10.1. The molecular weight excluding hydrogens is 460 g/mol. The molecule has 1 aromatic heterocycles. The van der Waals surface area contributed by atoms with E-state index in [9.17, 15) is 9.59 Å². The Kier molecular flexibility index (Phi) is 6.93. The molecule has 178 valence electrons. The van der Waals surface area contributed by atoms with Crippen molar-refractivity contribution in [1.82, 2.24) is 14.7 Å². The largest absolute Gasteiger partial charge is 0.493 e. The van der Waals surface area contributed by atoms with E-state index in [1.165, 1.54) is 26.0 Å². The molecule has 10 heteroatoms. The number of aromatic nitrogens is 2. The minimum absolute atomic E-state index is 0.100. The summed E-state index contributed by atoms with van der Waals surface area (Å²) in [6, 6.07) is 12.4. The Balaban J connectivity index is 1.50. The van der Waals surface area contributed by atoms with E-state index in [0.717, 1.165) is 0 Å². The van der Waals surface area contributed by atoms with Gasteiger partial charge in [-0.25, -0.2) is 0 Å². The second-order valence-electron chi connectivity index (χ2n) is 7.59. The number of nitrogens with zero attached hydrogens (tertiary/aromatic N) is 4. The zero-order valence-corrected chi connectivity index (χ0v) is 19.9. The van der Waals surface area contributed by atoms with Gasteiger partial charge in [-0.2, -0.15) is 9.78 Å². The van der Waals surface area contributed by atoms with Gasteiger partial charge in [-0.3, -0.25) is 9.59 Å². The van der Waals surface area contributed by atoms with E-state index < -0.39 is 0 Å². The van der Waals surface area contributed by atoms with Gasteiger partial charge in [0.15, 0.2) is 11.5 Å². The minimum Gasteiger partial charge on any atom is -0.493 e. The molecule has 0 aliphatic carbocycles. The molecule has 3 aromatic rings. The van der Waals surface area contributed by atoms with Crippen LogP contribution in [0.2, 0.25) is 5.02 Å². The first-order valence-corrected chi connectivity index (χ1v) is 11.0. The van der Waals surface area contributed by atoms with Gasteiger partial charge in [0.1, 0.15) is 5.02 Å². The summed E-state index contributed by atoms with van der Waals surface area (Å²) in [4.78, 5) is 29.7. The van der Waals surface area contributed by atoms with Crippen molar-refractivity contribution < 1.29 is 19.0 Å². The Labute approximate surface area is 202 Å². The molecular formula is C24H25ClN4O5. The molecule has 9 nitrogen and oxygen atoms in total. The van der Waals surface area contributed by atoms with E-state index >= 15 is 0 Å². The lowest BCUT2D eigenvalue weighted by molar-refractivity contribution is 0.0746. The third kappa shape index (κ3) is 4.38. The maximum atomic E-state index is 13.2. The monoisotopic (exact) mass is 484 g/mol. The van der Waals surface area contributed by atoms with Crippen LogP contribution in [0.25, 0.3) is 5.69 Å². The number of amides is 1. The fourth-order valence-corrected chi connectivity index (χ4v) is 4.18. The van der Waals surface area contributed by atoms with Crippen molar-refractivity contribution in [1.29, 1.82) is 0 Å². The highest BCUT2D eigenvalue weighted by atomic mass is 35.5. The van der Waals surface area contributed by atoms with Crippen LogP contribution >= 0.6 is 11.6 Å². The molecule has 2 aromatic carbocycles. The van der Waals surface area contributed by atoms with Crippen LogP contribution in [0.3, 0.4) is 0 Å². The molecule has 0 atom stereocenters. The molecule has 0 radical (unpaired) electrons. The zero-order valence-electron chi connectivity index (χ0n) is 19.2. The molecule has 34 heavy (non-hydrogen) atoms. The van der Waals surface area contributed by atoms with E-state index in [-0.39, 0.29) is 16.5 Å². The molecule has 1 fully saturated rings. The molecule has 1 amide bonds. The van der Waals surface area contributed by atoms with E-state index in [0.29, 0.717) is 60.4 Å². The highest BCUT2D eigenvalue weighted by Crippen LogP contribution is 2.38. The summed E-state index contributed by atoms with van der Waals surface area (Å²) in [5.41, 5.74) is 1.25. The second-order valence-corrected chi connectivity index (χ2v) is 7.97. The van der Waals surface area contributed by atoms with Gasteiger partial charge in [0.25, 0.3) is 11.5 Å². The number of anilines is 1. The van der Waals surface area contributed by atoms with Crippen molar-refractivity contribution in [3.05, 3.63) is 69.6 Å². The molecule has 2 heterocycles. The number of ether oxygens (including phenoxy) is 3. The van der Waals surface area contributed by atoms with Crippen LogP contribution < -0.4 is 24.7 Å². The topological polar surface area (TPSA) is 86.1 Å². The Morgan fingerprint density at radius 3 is 2.12 bits per heavy atom. The predicted molar refractivity (Wildman–Crippen MR) is 129 cm³/mol. The summed E-state index contributed by atoms with van der Waals surface area (Å²) in [6.45, 7) is 1.92. The number of hydrogen-bond acceptors (Lipinski definition) is 7. The van der Waals surface area contributed by atoms with Crippen LogP contribution in [0.5, 0.6) is 17.2 Å². The lowest BCUT2D eigenvalue weighted by Crippen LogP contribution is -2.49. The molecule has 1 aliphatic rings. The highest BCUT2D eigenvalue weighted by molar-refractivity contribution is 6.33. The standard InChI is InChI=1S/C24H25ClN4O5/c1-32-19-13-16(14-20(33-2)22(19)34-3)23(30)28-11-9-27(10-12-28)18-15-26-29(24(31)21(18)25)17-7-5-4-6-8-17/h4-8,13-15H,9-12H2,1-3H3. The van der Waals surface area contributed by atoms with E-state index in [4.69, 9.17) is 25.8 Å².